The Balaban J connectivity index is 1.35. The predicted molar refractivity (Wildman–Crippen MR) is 114 cm³/mol. The van der Waals surface area contributed by atoms with Gasteiger partial charge in [0.05, 0.1) is 5.69 Å². The number of halogens is 1. The molecule has 3 aromatic rings. The predicted octanol–water partition coefficient (Wildman–Crippen LogP) is 2.71. The monoisotopic (exact) mass is 408 g/mol. The summed E-state index contributed by atoms with van der Waals surface area (Å²) >= 11 is 5.97. The Hall–Kier alpha value is -2.96. The number of carbonyl (C=O) groups is 1. The molecule has 1 saturated heterocycles. The summed E-state index contributed by atoms with van der Waals surface area (Å²) in [6.45, 7) is 3.37. The maximum atomic E-state index is 12.4. The highest BCUT2D eigenvalue weighted by Gasteiger charge is 2.20. The average Bonchev–Trinajstić information content (AvgIpc) is 2.73. The summed E-state index contributed by atoms with van der Waals surface area (Å²) in [5, 5.41) is 0.648. The van der Waals surface area contributed by atoms with Crippen molar-refractivity contribution in [1.82, 2.24) is 19.2 Å². The SMILES string of the molecule is O=C(C=Cc1cccc(Cl)c1)N1CCN(Cc2cc(=O)n3ccccc3n2)CC1. The smallest absolute Gasteiger partial charge is 0.258 e. The quantitative estimate of drug-likeness (QED) is 0.623. The van der Waals surface area contributed by atoms with E-state index in [9.17, 15) is 9.59 Å². The maximum absolute atomic E-state index is 12.4. The van der Waals surface area contributed by atoms with Crippen LogP contribution >= 0.6 is 11.6 Å². The van der Waals surface area contributed by atoms with Crippen molar-refractivity contribution in [2.24, 2.45) is 0 Å². The molecule has 0 radical (unpaired) electrons. The van der Waals surface area contributed by atoms with Gasteiger partial charge in [0.1, 0.15) is 5.65 Å². The molecule has 29 heavy (non-hydrogen) atoms. The highest BCUT2D eigenvalue weighted by atomic mass is 35.5. The van der Waals surface area contributed by atoms with Gasteiger partial charge in [0.15, 0.2) is 0 Å². The Labute approximate surface area is 173 Å². The zero-order valence-corrected chi connectivity index (χ0v) is 16.6. The number of hydrogen-bond donors (Lipinski definition) is 0. The number of piperazine rings is 1. The number of hydrogen-bond acceptors (Lipinski definition) is 4. The number of benzene rings is 1. The first-order valence-electron chi connectivity index (χ1n) is 9.51. The number of nitrogens with zero attached hydrogens (tertiary/aromatic N) is 4. The Morgan fingerprint density at radius 2 is 1.90 bits per heavy atom. The second-order valence-corrected chi connectivity index (χ2v) is 7.44. The lowest BCUT2D eigenvalue weighted by Crippen LogP contribution is -2.48. The van der Waals surface area contributed by atoms with Gasteiger partial charge < -0.3 is 4.90 Å². The molecule has 148 valence electrons. The number of carbonyl (C=O) groups excluding carboxylic acids is 1. The lowest BCUT2D eigenvalue weighted by molar-refractivity contribution is -0.127. The molecular formula is C22H21ClN4O2. The summed E-state index contributed by atoms with van der Waals surface area (Å²) < 4.78 is 1.53. The molecule has 1 fully saturated rings. The topological polar surface area (TPSA) is 57.9 Å². The van der Waals surface area contributed by atoms with Gasteiger partial charge in [-0.1, -0.05) is 29.8 Å². The van der Waals surface area contributed by atoms with Gasteiger partial charge >= 0.3 is 0 Å². The molecule has 3 heterocycles. The summed E-state index contributed by atoms with van der Waals surface area (Å²) in [7, 11) is 0. The van der Waals surface area contributed by atoms with Crippen molar-refractivity contribution in [3.63, 3.8) is 0 Å². The Kier molecular flexibility index (Phi) is 5.74. The third-order valence-electron chi connectivity index (χ3n) is 4.96. The van der Waals surface area contributed by atoms with Crippen LogP contribution in [0.2, 0.25) is 5.02 Å². The van der Waals surface area contributed by atoms with E-state index in [1.165, 1.54) is 4.40 Å². The van der Waals surface area contributed by atoms with Gasteiger partial charge in [0.25, 0.3) is 5.56 Å². The standard InChI is InChI=1S/C22H21ClN4O2/c23-18-5-3-4-17(14-18)7-8-21(28)26-12-10-25(11-13-26)16-19-15-22(29)27-9-2-1-6-20(27)24-19/h1-9,14-15H,10-13,16H2. The molecule has 2 aromatic heterocycles. The van der Waals surface area contributed by atoms with E-state index in [-0.39, 0.29) is 11.5 Å². The number of amides is 1. The third kappa shape index (κ3) is 4.72. The van der Waals surface area contributed by atoms with Gasteiger partial charge in [-0.05, 0) is 35.9 Å². The van der Waals surface area contributed by atoms with Gasteiger partial charge in [0.2, 0.25) is 5.91 Å². The van der Waals surface area contributed by atoms with Crippen LogP contribution in [-0.4, -0.2) is 51.3 Å². The van der Waals surface area contributed by atoms with E-state index in [1.54, 1.807) is 30.5 Å². The molecule has 1 aliphatic heterocycles. The average molecular weight is 409 g/mol. The van der Waals surface area contributed by atoms with Crippen LogP contribution in [0.15, 0.2) is 65.6 Å². The minimum atomic E-state index is -0.0782. The lowest BCUT2D eigenvalue weighted by atomic mass is 10.2. The van der Waals surface area contributed by atoms with E-state index in [4.69, 9.17) is 11.6 Å². The second-order valence-electron chi connectivity index (χ2n) is 7.00. The molecule has 0 atom stereocenters. The molecule has 4 rings (SSSR count). The zero-order valence-electron chi connectivity index (χ0n) is 15.9. The molecule has 0 unspecified atom stereocenters. The van der Waals surface area contributed by atoms with Gasteiger partial charge in [-0.15, -0.1) is 0 Å². The summed E-state index contributed by atoms with van der Waals surface area (Å²) in [5.74, 6) is -0.00769. The highest BCUT2D eigenvalue weighted by Crippen LogP contribution is 2.13. The zero-order chi connectivity index (χ0) is 20.2. The Morgan fingerprint density at radius 1 is 1.07 bits per heavy atom. The Bertz CT molecular complexity index is 1120. The van der Waals surface area contributed by atoms with Crippen LogP contribution in [0.25, 0.3) is 11.7 Å². The molecule has 0 saturated carbocycles. The summed E-state index contributed by atoms with van der Waals surface area (Å²) in [5.41, 5.74) is 2.22. The normalized spacial score (nSPS) is 15.3. The Morgan fingerprint density at radius 3 is 2.69 bits per heavy atom. The van der Waals surface area contributed by atoms with Crippen molar-refractivity contribution in [2.45, 2.75) is 6.54 Å². The lowest BCUT2D eigenvalue weighted by Gasteiger charge is -2.34. The fourth-order valence-electron chi connectivity index (χ4n) is 3.42. The van der Waals surface area contributed by atoms with Crippen molar-refractivity contribution in [3.8, 4) is 0 Å². The van der Waals surface area contributed by atoms with E-state index in [0.29, 0.717) is 30.3 Å². The molecular weight excluding hydrogens is 388 g/mol. The van der Waals surface area contributed by atoms with Crippen LogP contribution in [0, 0.1) is 0 Å². The van der Waals surface area contributed by atoms with Gasteiger partial charge in [-0.3, -0.25) is 18.9 Å². The number of pyridine rings is 1. The van der Waals surface area contributed by atoms with Crippen molar-refractivity contribution in [3.05, 3.63) is 87.4 Å². The van der Waals surface area contributed by atoms with E-state index < -0.39 is 0 Å². The molecule has 7 heteroatoms. The second kappa shape index (κ2) is 8.59. The van der Waals surface area contributed by atoms with Crippen LogP contribution in [0.3, 0.4) is 0 Å². The van der Waals surface area contributed by atoms with E-state index in [1.807, 2.05) is 41.3 Å². The van der Waals surface area contributed by atoms with E-state index in [0.717, 1.165) is 24.3 Å². The van der Waals surface area contributed by atoms with Crippen LogP contribution in [-0.2, 0) is 11.3 Å². The minimum absolute atomic E-state index is 0.00769. The molecule has 6 nitrogen and oxygen atoms in total. The van der Waals surface area contributed by atoms with Crippen molar-refractivity contribution in [1.29, 1.82) is 0 Å². The van der Waals surface area contributed by atoms with Crippen molar-refractivity contribution < 1.29 is 4.79 Å². The molecule has 1 aliphatic rings. The van der Waals surface area contributed by atoms with Crippen LogP contribution in [0.5, 0.6) is 0 Å². The summed E-state index contributed by atoms with van der Waals surface area (Å²) in [6, 6.07) is 14.5. The molecule has 1 aromatic carbocycles. The fourth-order valence-corrected chi connectivity index (χ4v) is 3.62. The highest BCUT2D eigenvalue weighted by molar-refractivity contribution is 6.30. The van der Waals surface area contributed by atoms with Gasteiger partial charge in [0, 0.05) is 56.1 Å². The first-order valence-corrected chi connectivity index (χ1v) is 9.88. The molecule has 0 spiro atoms. The third-order valence-corrected chi connectivity index (χ3v) is 5.20. The van der Waals surface area contributed by atoms with Gasteiger partial charge in [-0.25, -0.2) is 4.98 Å². The first kappa shape index (κ1) is 19.4. The maximum Gasteiger partial charge on any atom is 0.258 e. The van der Waals surface area contributed by atoms with Crippen LogP contribution < -0.4 is 5.56 Å². The minimum Gasteiger partial charge on any atom is -0.337 e. The number of fused-ring (bicyclic) bond motifs is 1. The van der Waals surface area contributed by atoms with Crippen LogP contribution in [0.1, 0.15) is 11.3 Å². The summed E-state index contributed by atoms with van der Waals surface area (Å²) in [6.07, 6.45) is 5.09. The van der Waals surface area contributed by atoms with Crippen molar-refractivity contribution in [2.75, 3.05) is 26.2 Å². The van der Waals surface area contributed by atoms with E-state index in [2.05, 4.69) is 9.88 Å². The molecule has 0 aliphatic carbocycles. The number of rotatable bonds is 4. The first-order chi connectivity index (χ1) is 14.1. The fraction of sp³-hybridized carbons (Fsp3) is 0.227. The van der Waals surface area contributed by atoms with Crippen molar-refractivity contribution >= 4 is 29.2 Å². The molecule has 0 bridgehead atoms. The van der Waals surface area contributed by atoms with E-state index >= 15 is 0 Å². The largest absolute Gasteiger partial charge is 0.337 e. The molecule has 0 N–H and O–H groups in total. The summed E-state index contributed by atoms with van der Waals surface area (Å²) in [4.78, 5) is 33.3. The number of aromatic nitrogens is 2. The van der Waals surface area contributed by atoms with Gasteiger partial charge in [-0.2, -0.15) is 0 Å². The van der Waals surface area contributed by atoms with Crippen LogP contribution in [0.4, 0.5) is 0 Å². The molecule has 1 amide bonds.